The van der Waals surface area contributed by atoms with Crippen LogP contribution >= 0.6 is 0 Å². The minimum absolute atomic E-state index is 0.713. The van der Waals surface area contributed by atoms with Gasteiger partial charge in [0.25, 0.3) is 0 Å². The van der Waals surface area contributed by atoms with Crippen LogP contribution < -0.4 is 9.75 Å². The molecule has 1 aliphatic carbocycles. The van der Waals surface area contributed by atoms with Gasteiger partial charge in [-0.05, 0) is 42.5 Å². The lowest BCUT2D eigenvalue weighted by atomic mass is 9.96. The Morgan fingerprint density at radius 1 is 1.07 bits per heavy atom. The van der Waals surface area contributed by atoms with E-state index >= 15 is 0 Å². The third kappa shape index (κ3) is 2.97. The van der Waals surface area contributed by atoms with Crippen molar-refractivity contribution in [2.45, 2.75) is 51.7 Å². The van der Waals surface area contributed by atoms with Crippen LogP contribution in [0.5, 0.6) is 0 Å². The molecule has 4 rings (SSSR count). The van der Waals surface area contributed by atoms with Gasteiger partial charge >= 0.3 is 0 Å². The quantitative estimate of drug-likeness (QED) is 0.298. The van der Waals surface area contributed by atoms with Gasteiger partial charge in [0, 0.05) is 11.6 Å². The maximum atomic E-state index is 7.47. The molecule has 0 amide bonds. The van der Waals surface area contributed by atoms with E-state index in [1.165, 1.54) is 52.4 Å². The molecule has 0 spiro atoms. The highest BCUT2D eigenvalue weighted by Crippen LogP contribution is 2.41. The second-order valence-corrected chi connectivity index (χ2v) is 13.8. The predicted octanol–water partition coefficient (Wildman–Crippen LogP) is 5.97. The number of rotatable bonds is 3. The van der Waals surface area contributed by atoms with Crippen LogP contribution in [0.4, 0.5) is 5.69 Å². The van der Waals surface area contributed by atoms with Crippen LogP contribution in [0.1, 0.15) is 30.4 Å². The molecule has 1 aliphatic rings. The van der Waals surface area contributed by atoms with E-state index in [1.807, 2.05) is 12.1 Å². The van der Waals surface area contributed by atoms with E-state index in [4.69, 9.17) is 6.57 Å². The van der Waals surface area contributed by atoms with Crippen molar-refractivity contribution in [3.63, 3.8) is 0 Å². The molecule has 1 saturated carbocycles. The van der Waals surface area contributed by atoms with Gasteiger partial charge in [-0.1, -0.05) is 61.3 Å². The fourth-order valence-electron chi connectivity index (χ4n) is 4.63. The SMILES string of the molecule is [C-]#[N+]c1cc(C)c(C)c(-c2c3ccc([Si](C)(C)C4CCC4)cc3cc[n+]2C)c1. The molecule has 0 atom stereocenters. The summed E-state index contributed by atoms with van der Waals surface area (Å²) in [7, 11) is 0.701. The average Bonchev–Trinajstić information content (AvgIpc) is 2.62. The maximum absolute atomic E-state index is 7.47. The first-order valence-electron chi connectivity index (χ1n) is 10.2. The smallest absolute Gasteiger partial charge is 0.219 e. The van der Waals surface area contributed by atoms with Crippen LogP contribution in [0.15, 0.2) is 42.6 Å². The van der Waals surface area contributed by atoms with Crippen LogP contribution in [-0.4, -0.2) is 8.07 Å². The van der Waals surface area contributed by atoms with E-state index in [0.29, 0.717) is 5.69 Å². The molecule has 142 valence electrons. The summed E-state index contributed by atoms with van der Waals surface area (Å²) in [6, 6.07) is 13.4. The van der Waals surface area contributed by atoms with Gasteiger partial charge in [0.15, 0.2) is 11.9 Å². The largest absolute Gasteiger partial charge is 0.238 e. The summed E-state index contributed by atoms with van der Waals surface area (Å²) in [6.07, 6.45) is 6.39. The molecular weight excluding hydrogens is 356 g/mol. The molecule has 1 aromatic heterocycles. The Kier molecular flexibility index (Phi) is 4.63. The van der Waals surface area contributed by atoms with Gasteiger partial charge in [-0.15, -0.1) is 0 Å². The first-order valence-corrected chi connectivity index (χ1v) is 13.3. The molecule has 0 N–H and O–H groups in total. The molecular formula is C25H29N2Si+. The number of aromatic nitrogens is 1. The number of benzene rings is 2. The average molecular weight is 386 g/mol. The first kappa shape index (κ1) is 18.9. The first-order chi connectivity index (χ1) is 13.3. The highest BCUT2D eigenvalue weighted by Gasteiger charge is 2.37. The molecule has 0 bridgehead atoms. The maximum Gasteiger partial charge on any atom is 0.219 e. The van der Waals surface area contributed by atoms with Gasteiger partial charge < -0.3 is 0 Å². The lowest BCUT2D eigenvalue weighted by molar-refractivity contribution is -0.659. The van der Waals surface area contributed by atoms with Crippen molar-refractivity contribution in [3.05, 3.63) is 65.1 Å². The van der Waals surface area contributed by atoms with Gasteiger partial charge in [0.2, 0.25) is 5.69 Å². The monoisotopic (exact) mass is 385 g/mol. The predicted molar refractivity (Wildman–Crippen MR) is 121 cm³/mol. The lowest BCUT2D eigenvalue weighted by Gasteiger charge is -2.39. The molecule has 0 unspecified atom stereocenters. The Balaban J connectivity index is 1.92. The summed E-state index contributed by atoms with van der Waals surface area (Å²) in [6.45, 7) is 16.8. The molecule has 28 heavy (non-hydrogen) atoms. The van der Waals surface area contributed by atoms with Crippen LogP contribution in [0.3, 0.4) is 0 Å². The summed E-state index contributed by atoms with van der Waals surface area (Å²) >= 11 is 0. The third-order valence-electron chi connectivity index (χ3n) is 7.04. The Labute approximate surface area is 169 Å². The summed E-state index contributed by atoms with van der Waals surface area (Å²) in [4.78, 5) is 3.70. The number of aryl methyl sites for hydroxylation is 2. The lowest BCUT2D eigenvalue weighted by Crippen LogP contribution is -2.48. The Hall–Kier alpha value is -2.44. The Bertz CT molecular complexity index is 1120. The van der Waals surface area contributed by atoms with Crippen LogP contribution in [0.2, 0.25) is 18.6 Å². The fourth-order valence-corrected chi connectivity index (χ4v) is 7.99. The van der Waals surface area contributed by atoms with Crippen molar-refractivity contribution in [1.29, 1.82) is 0 Å². The highest BCUT2D eigenvalue weighted by atomic mass is 28.3. The zero-order valence-electron chi connectivity index (χ0n) is 17.6. The minimum atomic E-state index is -1.40. The second-order valence-electron chi connectivity index (χ2n) is 8.97. The zero-order chi connectivity index (χ0) is 20.1. The summed E-state index contributed by atoms with van der Waals surface area (Å²) < 4.78 is 2.20. The molecule has 1 fully saturated rings. The Morgan fingerprint density at radius 3 is 2.46 bits per heavy atom. The van der Waals surface area contributed by atoms with Crippen molar-refractivity contribution in [1.82, 2.24) is 0 Å². The van der Waals surface area contributed by atoms with Crippen LogP contribution in [0, 0.1) is 20.4 Å². The van der Waals surface area contributed by atoms with Crippen LogP contribution in [-0.2, 0) is 7.05 Å². The molecule has 2 nitrogen and oxygen atoms in total. The summed E-state index contributed by atoms with van der Waals surface area (Å²) in [5.74, 6) is 0. The van der Waals surface area contributed by atoms with Gasteiger partial charge in [0.1, 0.15) is 7.05 Å². The van der Waals surface area contributed by atoms with Crippen molar-refractivity contribution in [2.75, 3.05) is 0 Å². The van der Waals surface area contributed by atoms with E-state index in [-0.39, 0.29) is 0 Å². The number of fused-ring (bicyclic) bond motifs is 1. The van der Waals surface area contributed by atoms with E-state index < -0.39 is 8.07 Å². The topological polar surface area (TPSA) is 8.24 Å². The number of hydrogen-bond acceptors (Lipinski definition) is 0. The second kappa shape index (κ2) is 6.86. The van der Waals surface area contributed by atoms with E-state index in [9.17, 15) is 0 Å². The van der Waals surface area contributed by atoms with Crippen LogP contribution in [0.25, 0.3) is 26.9 Å². The van der Waals surface area contributed by atoms with Gasteiger partial charge in [0.05, 0.1) is 20.0 Å². The molecule has 2 aromatic carbocycles. The minimum Gasteiger partial charge on any atom is -0.238 e. The number of nitrogens with zero attached hydrogens (tertiary/aromatic N) is 2. The van der Waals surface area contributed by atoms with Gasteiger partial charge in [-0.3, -0.25) is 0 Å². The van der Waals surface area contributed by atoms with Crippen molar-refractivity contribution < 1.29 is 4.57 Å². The normalized spacial score (nSPS) is 14.7. The molecule has 3 aromatic rings. The molecule has 0 saturated heterocycles. The van der Waals surface area contributed by atoms with E-state index in [2.05, 4.69) is 73.9 Å². The highest BCUT2D eigenvalue weighted by molar-refractivity contribution is 6.91. The van der Waals surface area contributed by atoms with Crippen molar-refractivity contribution in [2.24, 2.45) is 7.05 Å². The van der Waals surface area contributed by atoms with Crippen molar-refractivity contribution >= 4 is 29.7 Å². The Morgan fingerprint density at radius 2 is 1.82 bits per heavy atom. The molecule has 0 radical (unpaired) electrons. The van der Waals surface area contributed by atoms with Gasteiger partial charge in [-0.2, -0.15) is 0 Å². The van der Waals surface area contributed by atoms with Gasteiger partial charge in [-0.25, -0.2) is 9.41 Å². The van der Waals surface area contributed by atoms with E-state index in [0.717, 1.165) is 5.54 Å². The standard InChI is InChI=1S/C25H29N2Si/c1-17-14-20(26-3)16-24(18(17)2)25-23-11-10-22(15-19(23)12-13-27(25)4)28(5,6)21-8-7-9-21/h10-16,21H,7-9H2,1-2,4-6H3/q+1. The summed E-state index contributed by atoms with van der Waals surface area (Å²) in [5, 5.41) is 4.17. The molecule has 1 heterocycles. The molecule has 0 aliphatic heterocycles. The zero-order valence-corrected chi connectivity index (χ0v) is 18.6. The van der Waals surface area contributed by atoms with E-state index in [1.54, 1.807) is 5.19 Å². The third-order valence-corrected chi connectivity index (χ3v) is 11.5. The number of hydrogen-bond donors (Lipinski definition) is 0. The summed E-state index contributed by atoms with van der Waals surface area (Å²) in [5.41, 5.74) is 6.45. The van der Waals surface area contributed by atoms with Crippen molar-refractivity contribution in [3.8, 4) is 11.3 Å². The number of pyridine rings is 1. The fraction of sp³-hybridized carbons (Fsp3) is 0.360. The molecule has 3 heteroatoms.